The fourth-order valence-electron chi connectivity index (χ4n) is 2.17. The van der Waals surface area contributed by atoms with Crippen molar-refractivity contribution in [2.24, 2.45) is 0 Å². The monoisotopic (exact) mass is 370 g/mol. The smallest absolute Gasteiger partial charge is 0.317 e. The Morgan fingerprint density at radius 1 is 1.59 bits per heavy atom. The van der Waals surface area contributed by atoms with Crippen molar-refractivity contribution in [3.63, 3.8) is 0 Å². The molecular formula is C11H23IN2O2Si. The van der Waals surface area contributed by atoms with Gasteiger partial charge in [-0.25, -0.2) is 4.79 Å². The molecule has 1 fully saturated rings. The van der Waals surface area contributed by atoms with Gasteiger partial charge in [0, 0.05) is 25.9 Å². The Morgan fingerprint density at radius 3 is 2.88 bits per heavy atom. The molecule has 2 atom stereocenters. The highest BCUT2D eigenvalue weighted by molar-refractivity contribution is 14.1. The molecule has 2 amide bonds. The van der Waals surface area contributed by atoms with Crippen LogP contribution in [0.2, 0.25) is 5.54 Å². The number of urea groups is 1. The Bertz CT molecular complexity index is 244. The lowest BCUT2D eigenvalue weighted by molar-refractivity contribution is 0.216. The molecule has 1 saturated heterocycles. The zero-order valence-electron chi connectivity index (χ0n) is 10.5. The van der Waals surface area contributed by atoms with E-state index in [2.05, 4.69) is 34.0 Å². The van der Waals surface area contributed by atoms with Gasteiger partial charge in [0.15, 0.2) is 0 Å². The Hall–Kier alpha value is 0.177. The van der Waals surface area contributed by atoms with Gasteiger partial charge in [0.2, 0.25) is 0 Å². The Balaban J connectivity index is 2.34. The van der Waals surface area contributed by atoms with E-state index in [1.54, 1.807) is 0 Å². The minimum Gasteiger partial charge on any atom is -0.399 e. The highest BCUT2D eigenvalue weighted by Crippen LogP contribution is 2.26. The van der Waals surface area contributed by atoms with E-state index in [-0.39, 0.29) is 6.03 Å². The van der Waals surface area contributed by atoms with E-state index in [1.807, 2.05) is 4.90 Å². The van der Waals surface area contributed by atoms with Crippen LogP contribution in [0.1, 0.15) is 32.6 Å². The first kappa shape index (κ1) is 15.2. The Kier molecular flexibility index (Phi) is 7.45. The van der Waals surface area contributed by atoms with E-state index in [0.29, 0.717) is 11.8 Å². The SMILES string of the molecule is CCCCC(CCN1CCNC1=O)[SiH](I)CO. The van der Waals surface area contributed by atoms with E-state index in [9.17, 15) is 9.90 Å². The van der Waals surface area contributed by atoms with Gasteiger partial charge in [-0.05, 0) is 12.0 Å². The standard InChI is InChI=1S/C11H23IN2O2Si/c1-2-3-4-10(17(12)9-15)5-7-14-8-6-13-11(14)16/h10,15,17H,2-9H2,1H3,(H,13,16). The zero-order valence-corrected chi connectivity index (χ0v) is 13.8. The molecule has 0 saturated carbocycles. The molecule has 0 aliphatic carbocycles. The summed E-state index contributed by atoms with van der Waals surface area (Å²) in [6.45, 7) is 4.68. The zero-order chi connectivity index (χ0) is 12.7. The van der Waals surface area contributed by atoms with Crippen LogP contribution in [0.4, 0.5) is 4.79 Å². The molecule has 1 aliphatic heterocycles. The largest absolute Gasteiger partial charge is 0.399 e. The summed E-state index contributed by atoms with van der Waals surface area (Å²) in [5.74, 6) is 0. The molecule has 0 bridgehead atoms. The molecule has 2 N–H and O–H groups in total. The van der Waals surface area contributed by atoms with Gasteiger partial charge >= 0.3 is 6.03 Å². The first-order chi connectivity index (χ1) is 8.19. The predicted octanol–water partition coefficient (Wildman–Crippen LogP) is 1.65. The lowest BCUT2D eigenvalue weighted by Gasteiger charge is -2.22. The minimum atomic E-state index is -1.04. The van der Waals surface area contributed by atoms with Gasteiger partial charge < -0.3 is 15.3 Å². The number of amides is 2. The van der Waals surface area contributed by atoms with Gasteiger partial charge in [-0.2, -0.15) is 0 Å². The summed E-state index contributed by atoms with van der Waals surface area (Å²) >= 11 is 2.47. The van der Waals surface area contributed by atoms with Crippen molar-refractivity contribution in [2.45, 2.75) is 38.1 Å². The quantitative estimate of drug-likeness (QED) is 0.388. The molecule has 0 radical (unpaired) electrons. The molecule has 100 valence electrons. The van der Waals surface area contributed by atoms with Gasteiger partial charge in [-0.15, -0.1) is 21.8 Å². The summed E-state index contributed by atoms with van der Waals surface area (Å²) in [5.41, 5.74) is 0.661. The Labute approximate surface area is 118 Å². The van der Waals surface area contributed by atoms with Gasteiger partial charge in [0.05, 0.1) is 0 Å². The van der Waals surface area contributed by atoms with Crippen LogP contribution in [0.5, 0.6) is 0 Å². The van der Waals surface area contributed by atoms with Crippen LogP contribution in [-0.2, 0) is 0 Å². The Morgan fingerprint density at radius 2 is 2.35 bits per heavy atom. The number of unbranched alkanes of at least 4 members (excludes halogenated alkanes) is 1. The molecule has 1 heterocycles. The van der Waals surface area contributed by atoms with Crippen molar-refractivity contribution in [3.8, 4) is 0 Å². The number of carbonyl (C=O) groups is 1. The number of nitrogens with zero attached hydrogens (tertiary/aromatic N) is 1. The summed E-state index contributed by atoms with van der Waals surface area (Å²) in [5, 5.41) is 12.1. The van der Waals surface area contributed by atoms with E-state index in [1.165, 1.54) is 19.3 Å². The topological polar surface area (TPSA) is 52.6 Å². The summed E-state index contributed by atoms with van der Waals surface area (Å²) in [6.07, 6.45) is 4.06. The van der Waals surface area contributed by atoms with Crippen molar-refractivity contribution >= 4 is 34.1 Å². The van der Waals surface area contributed by atoms with Crippen molar-refractivity contribution in [1.82, 2.24) is 10.2 Å². The molecule has 0 aromatic carbocycles. The van der Waals surface area contributed by atoms with Crippen molar-refractivity contribution < 1.29 is 9.90 Å². The van der Waals surface area contributed by atoms with Gasteiger partial charge in [-0.1, -0.05) is 26.2 Å². The van der Waals surface area contributed by atoms with Crippen LogP contribution >= 0.6 is 21.8 Å². The van der Waals surface area contributed by atoms with E-state index in [4.69, 9.17) is 0 Å². The normalized spacial score (nSPS) is 19.2. The van der Waals surface area contributed by atoms with E-state index < -0.39 is 6.29 Å². The number of hydrogen-bond acceptors (Lipinski definition) is 2. The van der Waals surface area contributed by atoms with Crippen LogP contribution < -0.4 is 5.32 Å². The summed E-state index contributed by atoms with van der Waals surface area (Å²) < 4.78 is 0. The first-order valence-electron chi connectivity index (χ1n) is 6.46. The second-order valence-electron chi connectivity index (χ2n) is 4.61. The predicted molar refractivity (Wildman–Crippen MR) is 81.1 cm³/mol. The van der Waals surface area contributed by atoms with Crippen LogP contribution in [0.25, 0.3) is 0 Å². The summed E-state index contributed by atoms with van der Waals surface area (Å²) in [6, 6.07) is 0.0786. The molecule has 6 heteroatoms. The fraction of sp³-hybridized carbons (Fsp3) is 0.909. The average molecular weight is 370 g/mol. The van der Waals surface area contributed by atoms with Crippen LogP contribution in [0.3, 0.4) is 0 Å². The lowest BCUT2D eigenvalue weighted by Crippen LogP contribution is -2.31. The maximum absolute atomic E-state index is 11.4. The fourth-order valence-corrected chi connectivity index (χ4v) is 5.73. The lowest BCUT2D eigenvalue weighted by atomic mass is 10.1. The van der Waals surface area contributed by atoms with Gasteiger partial charge in [0.25, 0.3) is 0 Å². The third kappa shape index (κ3) is 5.13. The minimum absolute atomic E-state index is 0.0786. The first-order valence-corrected chi connectivity index (χ1v) is 12.1. The number of halogens is 1. The molecule has 2 unspecified atom stereocenters. The molecule has 17 heavy (non-hydrogen) atoms. The molecule has 0 aromatic rings. The van der Waals surface area contributed by atoms with Gasteiger partial charge in [0.1, 0.15) is 6.29 Å². The number of carbonyl (C=O) groups excluding carboxylic acids is 1. The van der Waals surface area contributed by atoms with Crippen molar-refractivity contribution in [3.05, 3.63) is 0 Å². The van der Waals surface area contributed by atoms with Crippen molar-refractivity contribution in [2.75, 3.05) is 25.9 Å². The molecule has 1 aliphatic rings. The summed E-state index contributed by atoms with van der Waals surface area (Å²) in [4.78, 5) is 13.3. The third-order valence-electron chi connectivity index (χ3n) is 3.33. The molecular weight excluding hydrogens is 347 g/mol. The maximum Gasteiger partial charge on any atom is 0.317 e. The average Bonchev–Trinajstić information content (AvgIpc) is 2.74. The third-order valence-corrected chi connectivity index (χ3v) is 9.60. The van der Waals surface area contributed by atoms with Crippen LogP contribution in [-0.4, -0.2) is 48.2 Å². The number of aliphatic hydroxyl groups excluding tert-OH is 1. The van der Waals surface area contributed by atoms with E-state index >= 15 is 0 Å². The molecule has 0 aromatic heterocycles. The highest BCUT2D eigenvalue weighted by atomic mass is 127. The molecule has 0 spiro atoms. The van der Waals surface area contributed by atoms with Crippen LogP contribution in [0, 0.1) is 0 Å². The van der Waals surface area contributed by atoms with Crippen LogP contribution in [0.15, 0.2) is 0 Å². The molecule has 4 nitrogen and oxygen atoms in total. The number of hydrogen-bond donors (Lipinski definition) is 2. The van der Waals surface area contributed by atoms with Gasteiger partial charge in [-0.3, -0.25) is 0 Å². The second-order valence-corrected chi connectivity index (χ2v) is 11.7. The number of rotatable bonds is 8. The highest BCUT2D eigenvalue weighted by Gasteiger charge is 2.24. The number of nitrogens with one attached hydrogen (secondary N) is 1. The van der Waals surface area contributed by atoms with Crippen molar-refractivity contribution in [1.29, 1.82) is 0 Å². The van der Waals surface area contributed by atoms with E-state index in [0.717, 1.165) is 26.1 Å². The summed E-state index contributed by atoms with van der Waals surface area (Å²) in [7, 11) is 0. The second kappa shape index (κ2) is 8.31. The molecule has 1 rings (SSSR count). The number of aliphatic hydroxyl groups is 1. The maximum atomic E-state index is 11.4.